The number of hydrogen-bond acceptors (Lipinski definition) is 5. The number of ether oxygens (including phenoxy) is 2. The van der Waals surface area contributed by atoms with Gasteiger partial charge < -0.3 is 9.47 Å². The van der Waals surface area contributed by atoms with Crippen LogP contribution in [0.4, 0.5) is 0 Å². The van der Waals surface area contributed by atoms with Crippen LogP contribution in [-0.4, -0.2) is 39.5 Å². The molecule has 1 N–H and O–H groups in total. The lowest BCUT2D eigenvalue weighted by Crippen LogP contribution is -2.12. The zero-order chi connectivity index (χ0) is 12.3. The van der Waals surface area contributed by atoms with Crippen LogP contribution in [0.5, 0.6) is 5.88 Å². The van der Waals surface area contributed by atoms with Crippen molar-refractivity contribution in [2.45, 2.75) is 20.0 Å². The smallest absolute Gasteiger partial charge is 0.229 e. The largest absolute Gasteiger partial charge is 0.475 e. The molecule has 0 amide bonds. The maximum absolute atomic E-state index is 5.76. The summed E-state index contributed by atoms with van der Waals surface area (Å²) in [7, 11) is 0. The first-order valence-electron chi connectivity index (χ1n) is 5.28. The van der Waals surface area contributed by atoms with E-state index in [2.05, 4.69) is 20.2 Å². The lowest BCUT2D eigenvalue weighted by atomic mass is 10.4. The second-order valence-electron chi connectivity index (χ2n) is 3.70. The van der Waals surface area contributed by atoms with Crippen molar-refractivity contribution in [3.63, 3.8) is 0 Å². The molecule has 2 heterocycles. The van der Waals surface area contributed by atoms with Crippen LogP contribution < -0.4 is 4.74 Å². The number of fused-ring (bicyclic) bond motifs is 1. The van der Waals surface area contributed by atoms with Gasteiger partial charge in [0.15, 0.2) is 5.65 Å². The van der Waals surface area contributed by atoms with Crippen molar-refractivity contribution in [2.24, 2.45) is 0 Å². The Bertz CT molecular complexity index is 500. The van der Waals surface area contributed by atoms with Crippen LogP contribution in [0, 0.1) is 0 Å². The third kappa shape index (κ3) is 3.04. The molecule has 0 aliphatic carbocycles. The summed E-state index contributed by atoms with van der Waals surface area (Å²) < 4.78 is 10.9. The van der Waals surface area contributed by atoms with Gasteiger partial charge in [-0.1, -0.05) is 0 Å². The highest BCUT2D eigenvalue weighted by Crippen LogP contribution is 2.21. The van der Waals surface area contributed by atoms with E-state index < -0.39 is 0 Å². The van der Waals surface area contributed by atoms with Crippen LogP contribution in [0.3, 0.4) is 0 Å². The van der Waals surface area contributed by atoms with Crippen LogP contribution in [0.15, 0.2) is 6.20 Å². The van der Waals surface area contributed by atoms with Gasteiger partial charge in [0.25, 0.3) is 0 Å². The van der Waals surface area contributed by atoms with Crippen molar-refractivity contribution in [1.82, 2.24) is 20.2 Å². The molecule has 2 rings (SSSR count). The maximum Gasteiger partial charge on any atom is 0.229 e. The lowest BCUT2D eigenvalue weighted by Gasteiger charge is -2.09. The van der Waals surface area contributed by atoms with Gasteiger partial charge >= 0.3 is 0 Å². The van der Waals surface area contributed by atoms with Crippen molar-refractivity contribution in [3.8, 4) is 5.88 Å². The van der Waals surface area contributed by atoms with E-state index in [1.807, 2.05) is 13.8 Å². The van der Waals surface area contributed by atoms with Gasteiger partial charge in [0.1, 0.15) is 12.0 Å². The fraction of sp³-hybridized carbons (Fsp3) is 0.500. The molecular formula is C10H13ClN4O2. The first-order valence-corrected chi connectivity index (χ1v) is 5.65. The Balaban J connectivity index is 2.04. The van der Waals surface area contributed by atoms with E-state index in [1.165, 1.54) is 0 Å². The zero-order valence-corrected chi connectivity index (χ0v) is 10.4. The number of rotatable bonds is 5. The molecule has 92 valence electrons. The van der Waals surface area contributed by atoms with Crippen molar-refractivity contribution in [1.29, 1.82) is 0 Å². The number of H-pyrrole nitrogens is 1. The molecule has 0 aromatic carbocycles. The summed E-state index contributed by atoms with van der Waals surface area (Å²) in [5.41, 5.74) is 0.560. The molecule has 0 saturated carbocycles. The average molecular weight is 257 g/mol. The standard InChI is InChI=1S/C10H13ClN4O2/c1-6(2)16-3-4-17-9-7-5-12-15-8(7)13-10(11)14-9/h5-6H,3-4H2,1-2H3,(H,12,13,14,15). The van der Waals surface area contributed by atoms with E-state index in [-0.39, 0.29) is 11.4 Å². The Morgan fingerprint density at radius 3 is 2.94 bits per heavy atom. The third-order valence-corrected chi connectivity index (χ3v) is 2.19. The molecule has 6 nitrogen and oxygen atoms in total. The highest BCUT2D eigenvalue weighted by atomic mass is 35.5. The number of aromatic nitrogens is 4. The fourth-order valence-corrected chi connectivity index (χ4v) is 1.48. The number of nitrogens with zero attached hydrogens (tertiary/aromatic N) is 3. The zero-order valence-electron chi connectivity index (χ0n) is 9.61. The Kier molecular flexibility index (Phi) is 3.75. The number of halogens is 1. The maximum atomic E-state index is 5.76. The molecule has 7 heteroatoms. The van der Waals surface area contributed by atoms with Gasteiger partial charge in [-0.2, -0.15) is 15.1 Å². The highest BCUT2D eigenvalue weighted by molar-refractivity contribution is 6.28. The van der Waals surface area contributed by atoms with Gasteiger partial charge in [-0.15, -0.1) is 0 Å². The average Bonchev–Trinajstić information content (AvgIpc) is 2.71. The van der Waals surface area contributed by atoms with Crippen molar-refractivity contribution >= 4 is 22.6 Å². The van der Waals surface area contributed by atoms with Crippen molar-refractivity contribution in [3.05, 3.63) is 11.5 Å². The monoisotopic (exact) mass is 256 g/mol. The van der Waals surface area contributed by atoms with E-state index in [4.69, 9.17) is 21.1 Å². The second kappa shape index (κ2) is 5.29. The summed E-state index contributed by atoms with van der Waals surface area (Å²) >= 11 is 5.76. The van der Waals surface area contributed by atoms with Crippen molar-refractivity contribution < 1.29 is 9.47 Å². The van der Waals surface area contributed by atoms with Crippen LogP contribution >= 0.6 is 11.6 Å². The Morgan fingerprint density at radius 1 is 1.35 bits per heavy atom. The molecule has 0 aliphatic rings. The minimum absolute atomic E-state index is 0.126. The number of hydrogen-bond donors (Lipinski definition) is 1. The SMILES string of the molecule is CC(C)OCCOc1nc(Cl)nc2[nH]ncc12. The third-order valence-electron chi connectivity index (χ3n) is 2.02. The lowest BCUT2D eigenvalue weighted by molar-refractivity contribution is 0.0546. The molecule has 0 saturated heterocycles. The van der Waals surface area contributed by atoms with E-state index in [1.54, 1.807) is 6.20 Å². The molecule has 17 heavy (non-hydrogen) atoms. The molecule has 0 unspecified atom stereocenters. The van der Waals surface area contributed by atoms with E-state index >= 15 is 0 Å². The first kappa shape index (κ1) is 12.1. The second-order valence-corrected chi connectivity index (χ2v) is 4.04. The molecule has 0 aliphatic heterocycles. The van der Waals surface area contributed by atoms with Crippen molar-refractivity contribution in [2.75, 3.05) is 13.2 Å². The summed E-state index contributed by atoms with van der Waals surface area (Å²) in [5, 5.41) is 7.41. The molecule has 0 radical (unpaired) electrons. The summed E-state index contributed by atoms with van der Waals surface area (Å²) in [6.45, 7) is 4.84. The Morgan fingerprint density at radius 2 is 2.18 bits per heavy atom. The van der Waals surface area contributed by atoms with Crippen LogP contribution in [-0.2, 0) is 4.74 Å². The van der Waals surface area contributed by atoms with Gasteiger partial charge in [0.2, 0.25) is 11.2 Å². The summed E-state index contributed by atoms with van der Waals surface area (Å²) in [4.78, 5) is 7.98. The summed E-state index contributed by atoms with van der Waals surface area (Å²) in [6.07, 6.45) is 1.78. The topological polar surface area (TPSA) is 72.9 Å². The van der Waals surface area contributed by atoms with Gasteiger partial charge in [-0.25, -0.2) is 0 Å². The van der Waals surface area contributed by atoms with Gasteiger partial charge in [-0.3, -0.25) is 5.10 Å². The predicted octanol–water partition coefficient (Wildman–Crippen LogP) is 1.81. The molecule has 0 bridgehead atoms. The minimum atomic E-state index is 0.126. The fourth-order valence-electron chi connectivity index (χ4n) is 1.31. The predicted molar refractivity (Wildman–Crippen MR) is 63.3 cm³/mol. The van der Waals surface area contributed by atoms with Crippen LogP contribution in [0.25, 0.3) is 11.0 Å². The van der Waals surface area contributed by atoms with Gasteiger partial charge in [0.05, 0.1) is 18.9 Å². The molecule has 0 fully saturated rings. The van der Waals surface area contributed by atoms with Crippen LogP contribution in [0.1, 0.15) is 13.8 Å². The minimum Gasteiger partial charge on any atom is -0.475 e. The molecule has 0 atom stereocenters. The van der Waals surface area contributed by atoms with Crippen LogP contribution in [0.2, 0.25) is 5.28 Å². The first-order chi connectivity index (χ1) is 8.16. The van der Waals surface area contributed by atoms with E-state index in [0.717, 1.165) is 0 Å². The Hall–Kier alpha value is -1.40. The normalized spacial score (nSPS) is 11.3. The van der Waals surface area contributed by atoms with Gasteiger partial charge in [-0.05, 0) is 25.4 Å². The molecule has 2 aromatic rings. The van der Waals surface area contributed by atoms with Gasteiger partial charge in [0, 0.05) is 0 Å². The number of nitrogens with one attached hydrogen (secondary N) is 1. The highest BCUT2D eigenvalue weighted by Gasteiger charge is 2.09. The van der Waals surface area contributed by atoms with E-state index in [0.29, 0.717) is 30.1 Å². The molecule has 2 aromatic heterocycles. The number of aromatic amines is 1. The summed E-state index contributed by atoms with van der Waals surface area (Å²) in [5.74, 6) is 0.418. The molecular weight excluding hydrogens is 244 g/mol. The summed E-state index contributed by atoms with van der Waals surface area (Å²) in [6, 6.07) is 0. The Labute approximate surface area is 103 Å². The quantitative estimate of drug-likeness (QED) is 0.652. The van der Waals surface area contributed by atoms with E-state index in [9.17, 15) is 0 Å². The molecule has 0 spiro atoms.